The molecule has 20 heavy (non-hydrogen) atoms. The van der Waals surface area contributed by atoms with Gasteiger partial charge in [-0.1, -0.05) is 41.4 Å². The number of nitrogens with one attached hydrogen (secondary N) is 2. The van der Waals surface area contributed by atoms with Crippen LogP contribution in [0.3, 0.4) is 0 Å². The first-order valence-electron chi connectivity index (χ1n) is 6.06. The fraction of sp³-hybridized carbons (Fsp3) is 0.0667. The fourth-order valence-electron chi connectivity index (χ4n) is 1.52. The average molecular weight is 288 g/mol. The number of amides is 2. The molecule has 0 aliphatic carbocycles. The highest BCUT2D eigenvalue weighted by Gasteiger charge is 2.00. The van der Waals surface area contributed by atoms with Gasteiger partial charge in [-0.05, 0) is 30.7 Å². The summed E-state index contributed by atoms with van der Waals surface area (Å²) in [6.07, 6.45) is 4.91. The molecule has 0 aliphatic rings. The van der Waals surface area contributed by atoms with E-state index in [2.05, 4.69) is 15.6 Å². The van der Waals surface area contributed by atoms with Gasteiger partial charge in [-0.3, -0.25) is 5.32 Å². The fourth-order valence-corrected chi connectivity index (χ4v) is 1.68. The van der Waals surface area contributed by atoms with E-state index in [4.69, 9.17) is 11.6 Å². The Balaban J connectivity index is 1.87. The van der Waals surface area contributed by atoms with Crippen molar-refractivity contribution < 1.29 is 4.79 Å². The van der Waals surface area contributed by atoms with Crippen LogP contribution >= 0.6 is 11.6 Å². The zero-order valence-electron chi connectivity index (χ0n) is 10.9. The number of carbonyl (C=O) groups is 1. The molecule has 2 aromatic rings. The van der Waals surface area contributed by atoms with E-state index < -0.39 is 0 Å². The smallest absolute Gasteiger partial charge is 0.314 e. The number of aryl methyl sites for hydroxylation is 1. The molecule has 0 fully saturated rings. The second kappa shape index (κ2) is 6.73. The Bertz CT molecular complexity index is 623. The minimum atomic E-state index is -0.372. The van der Waals surface area contributed by atoms with Gasteiger partial charge >= 0.3 is 6.03 Å². The second-order valence-corrected chi connectivity index (χ2v) is 4.64. The Kier molecular flexibility index (Phi) is 4.74. The van der Waals surface area contributed by atoms with E-state index in [1.165, 1.54) is 11.8 Å². The maximum atomic E-state index is 11.6. The normalized spacial score (nSPS) is 10.5. The summed E-state index contributed by atoms with van der Waals surface area (Å²) in [6, 6.07) is 10.8. The van der Waals surface area contributed by atoms with Crippen molar-refractivity contribution in [3.8, 4) is 0 Å². The summed E-state index contributed by atoms with van der Waals surface area (Å²) >= 11 is 5.80. The molecule has 4 nitrogen and oxygen atoms in total. The highest BCUT2D eigenvalue weighted by molar-refractivity contribution is 6.30. The number of nitrogens with zero attached hydrogens (tertiary/aromatic N) is 1. The molecule has 0 bridgehead atoms. The third-order valence-electron chi connectivity index (χ3n) is 2.53. The van der Waals surface area contributed by atoms with Crippen molar-refractivity contribution in [3.63, 3.8) is 0 Å². The lowest BCUT2D eigenvalue weighted by Crippen LogP contribution is -2.24. The van der Waals surface area contributed by atoms with Crippen LogP contribution in [0.25, 0.3) is 6.08 Å². The molecular formula is C15H14ClN3O. The number of aromatic nitrogens is 1. The first-order chi connectivity index (χ1) is 9.63. The molecule has 0 aliphatic heterocycles. The van der Waals surface area contributed by atoms with E-state index in [1.807, 2.05) is 37.3 Å². The summed E-state index contributed by atoms with van der Waals surface area (Å²) in [5, 5.41) is 5.70. The van der Waals surface area contributed by atoms with Crippen LogP contribution in [0.15, 0.2) is 48.8 Å². The van der Waals surface area contributed by atoms with E-state index in [-0.39, 0.29) is 6.03 Å². The lowest BCUT2D eigenvalue weighted by Gasteiger charge is -2.03. The van der Waals surface area contributed by atoms with Crippen molar-refractivity contribution in [1.82, 2.24) is 10.3 Å². The van der Waals surface area contributed by atoms with Crippen molar-refractivity contribution in [2.45, 2.75) is 6.92 Å². The second-order valence-electron chi connectivity index (χ2n) is 4.20. The first kappa shape index (κ1) is 14.1. The van der Waals surface area contributed by atoms with Gasteiger partial charge in [-0.2, -0.15) is 0 Å². The standard InChI is InChI=1S/C15H14ClN3O/c1-11-2-4-12(5-3-11)6-8-18-15(20)19-14-10-13(16)7-9-17-14/h2-10H,1H3,(H2,17,18,19,20)/b8-6+. The van der Waals surface area contributed by atoms with Gasteiger partial charge in [-0.25, -0.2) is 9.78 Å². The van der Waals surface area contributed by atoms with Crippen LogP contribution < -0.4 is 10.6 Å². The maximum Gasteiger partial charge on any atom is 0.324 e. The predicted molar refractivity (Wildman–Crippen MR) is 81.6 cm³/mol. The molecule has 0 saturated heterocycles. The Labute approximate surface area is 122 Å². The minimum absolute atomic E-state index is 0.372. The number of hydrogen-bond donors (Lipinski definition) is 2. The Morgan fingerprint density at radius 1 is 1.25 bits per heavy atom. The summed E-state index contributed by atoms with van der Waals surface area (Å²) in [4.78, 5) is 15.6. The lowest BCUT2D eigenvalue weighted by atomic mass is 10.1. The molecule has 1 aromatic heterocycles. The number of hydrogen-bond acceptors (Lipinski definition) is 2. The molecule has 0 spiro atoms. The molecule has 2 N–H and O–H groups in total. The van der Waals surface area contributed by atoms with E-state index in [9.17, 15) is 4.79 Å². The lowest BCUT2D eigenvalue weighted by molar-refractivity contribution is 0.255. The summed E-state index contributed by atoms with van der Waals surface area (Å²) in [5.74, 6) is 0.402. The summed E-state index contributed by atoms with van der Waals surface area (Å²) in [5.41, 5.74) is 2.21. The number of benzene rings is 1. The van der Waals surface area contributed by atoms with E-state index in [1.54, 1.807) is 18.3 Å². The van der Waals surface area contributed by atoms with Gasteiger partial charge in [0.1, 0.15) is 5.82 Å². The van der Waals surface area contributed by atoms with Crippen LogP contribution in [0, 0.1) is 6.92 Å². The molecule has 1 heterocycles. The van der Waals surface area contributed by atoms with Crippen molar-refractivity contribution >= 4 is 29.5 Å². The molecule has 5 heteroatoms. The molecule has 0 radical (unpaired) electrons. The van der Waals surface area contributed by atoms with Gasteiger partial charge in [0.05, 0.1) is 0 Å². The molecule has 2 amide bonds. The zero-order valence-corrected chi connectivity index (χ0v) is 11.7. The van der Waals surface area contributed by atoms with Gasteiger partial charge in [0.15, 0.2) is 0 Å². The highest BCUT2D eigenvalue weighted by atomic mass is 35.5. The number of rotatable bonds is 3. The van der Waals surface area contributed by atoms with E-state index >= 15 is 0 Å². The minimum Gasteiger partial charge on any atom is -0.314 e. The first-order valence-corrected chi connectivity index (χ1v) is 6.43. The third kappa shape index (κ3) is 4.40. The van der Waals surface area contributed by atoms with Crippen molar-refractivity contribution in [3.05, 3.63) is 64.9 Å². The number of pyridine rings is 1. The number of halogens is 1. The third-order valence-corrected chi connectivity index (χ3v) is 2.77. The van der Waals surface area contributed by atoms with Crippen molar-refractivity contribution in [2.75, 3.05) is 5.32 Å². The van der Waals surface area contributed by atoms with Crippen LogP contribution in [0.2, 0.25) is 5.02 Å². The van der Waals surface area contributed by atoms with Crippen molar-refractivity contribution in [1.29, 1.82) is 0 Å². The Hall–Kier alpha value is -2.33. The summed E-state index contributed by atoms with van der Waals surface area (Å²) in [7, 11) is 0. The largest absolute Gasteiger partial charge is 0.324 e. The van der Waals surface area contributed by atoms with Crippen LogP contribution in [0.5, 0.6) is 0 Å². The molecule has 1 aromatic carbocycles. The number of urea groups is 1. The van der Waals surface area contributed by atoms with Crippen LogP contribution in [0.1, 0.15) is 11.1 Å². The Morgan fingerprint density at radius 2 is 2.00 bits per heavy atom. The van der Waals surface area contributed by atoms with Crippen LogP contribution in [0.4, 0.5) is 10.6 Å². The monoisotopic (exact) mass is 287 g/mol. The van der Waals surface area contributed by atoms with E-state index in [0.29, 0.717) is 10.8 Å². The van der Waals surface area contributed by atoms with Gasteiger partial charge in [0, 0.05) is 17.4 Å². The molecular weight excluding hydrogens is 274 g/mol. The zero-order chi connectivity index (χ0) is 14.4. The van der Waals surface area contributed by atoms with E-state index in [0.717, 1.165) is 5.56 Å². The SMILES string of the molecule is Cc1ccc(/C=C/NC(=O)Nc2cc(Cl)ccn2)cc1. The van der Waals surface area contributed by atoms with Gasteiger partial charge in [0.2, 0.25) is 0 Å². The summed E-state index contributed by atoms with van der Waals surface area (Å²) in [6.45, 7) is 2.02. The summed E-state index contributed by atoms with van der Waals surface area (Å²) < 4.78 is 0. The van der Waals surface area contributed by atoms with Crippen molar-refractivity contribution in [2.24, 2.45) is 0 Å². The predicted octanol–water partition coefficient (Wildman–Crippen LogP) is 3.84. The van der Waals surface area contributed by atoms with Gasteiger partial charge < -0.3 is 5.32 Å². The molecule has 0 atom stereocenters. The van der Waals surface area contributed by atoms with Crippen LogP contribution in [-0.2, 0) is 0 Å². The van der Waals surface area contributed by atoms with Crippen LogP contribution in [-0.4, -0.2) is 11.0 Å². The molecule has 102 valence electrons. The van der Waals surface area contributed by atoms with Gasteiger partial charge in [-0.15, -0.1) is 0 Å². The number of carbonyl (C=O) groups excluding carboxylic acids is 1. The average Bonchev–Trinajstić information content (AvgIpc) is 2.41. The highest BCUT2D eigenvalue weighted by Crippen LogP contribution is 2.11. The number of anilines is 1. The Morgan fingerprint density at radius 3 is 2.70 bits per heavy atom. The van der Waals surface area contributed by atoms with Gasteiger partial charge in [0.25, 0.3) is 0 Å². The quantitative estimate of drug-likeness (QED) is 0.901. The topological polar surface area (TPSA) is 54.0 Å². The maximum absolute atomic E-state index is 11.6. The molecule has 0 saturated carbocycles. The molecule has 2 rings (SSSR count). The molecule has 0 unspecified atom stereocenters.